The van der Waals surface area contributed by atoms with E-state index < -0.39 is 0 Å². The van der Waals surface area contributed by atoms with Crippen LogP contribution < -0.4 is 16.4 Å². The van der Waals surface area contributed by atoms with E-state index in [9.17, 15) is 9.59 Å². The van der Waals surface area contributed by atoms with Crippen molar-refractivity contribution in [2.24, 2.45) is 17.6 Å². The number of hydrogen-bond acceptors (Lipinski definition) is 3. The SMILES string of the molecule is CC(C)CC(=O)Nc1cccc(CNC(=O)C2CCC(N)C2)c1. The molecule has 2 rings (SSSR count). The van der Waals surface area contributed by atoms with E-state index in [1.165, 1.54) is 0 Å². The molecule has 1 aromatic carbocycles. The Hall–Kier alpha value is -1.88. The number of rotatable bonds is 6. The predicted molar refractivity (Wildman–Crippen MR) is 91.7 cm³/mol. The maximum Gasteiger partial charge on any atom is 0.224 e. The summed E-state index contributed by atoms with van der Waals surface area (Å²) in [7, 11) is 0. The maximum atomic E-state index is 12.1. The van der Waals surface area contributed by atoms with Gasteiger partial charge in [0.15, 0.2) is 0 Å². The van der Waals surface area contributed by atoms with Gasteiger partial charge in [0.25, 0.3) is 0 Å². The van der Waals surface area contributed by atoms with Crippen LogP contribution in [0, 0.1) is 11.8 Å². The highest BCUT2D eigenvalue weighted by Crippen LogP contribution is 2.24. The molecule has 1 aliphatic rings. The van der Waals surface area contributed by atoms with Crippen molar-refractivity contribution in [2.75, 3.05) is 5.32 Å². The molecule has 0 saturated heterocycles. The zero-order valence-electron chi connectivity index (χ0n) is 14.0. The van der Waals surface area contributed by atoms with Crippen LogP contribution in [-0.4, -0.2) is 17.9 Å². The standard InChI is InChI=1S/C18H27N3O2/c1-12(2)8-17(22)21-16-5-3-4-13(9-16)11-20-18(23)14-6-7-15(19)10-14/h3-5,9,12,14-15H,6-8,10-11,19H2,1-2H3,(H,20,23)(H,21,22). The number of nitrogens with one attached hydrogen (secondary N) is 2. The highest BCUT2D eigenvalue weighted by atomic mass is 16.2. The Labute approximate surface area is 138 Å². The number of anilines is 1. The van der Waals surface area contributed by atoms with Gasteiger partial charge in [-0.25, -0.2) is 0 Å². The Balaban J connectivity index is 1.85. The molecule has 0 heterocycles. The van der Waals surface area contributed by atoms with Gasteiger partial charge in [-0.05, 0) is 42.9 Å². The van der Waals surface area contributed by atoms with Gasteiger partial charge in [-0.1, -0.05) is 26.0 Å². The first kappa shape index (κ1) is 17.5. The van der Waals surface area contributed by atoms with Gasteiger partial charge >= 0.3 is 0 Å². The normalized spacial score (nSPS) is 20.5. The molecule has 2 unspecified atom stereocenters. The van der Waals surface area contributed by atoms with E-state index in [1.54, 1.807) is 0 Å². The molecule has 0 spiro atoms. The molecule has 0 aromatic heterocycles. The predicted octanol–water partition coefficient (Wildman–Crippen LogP) is 2.41. The van der Waals surface area contributed by atoms with Crippen LogP contribution in [0.3, 0.4) is 0 Å². The van der Waals surface area contributed by atoms with E-state index in [0.717, 1.165) is 30.5 Å². The third kappa shape index (κ3) is 5.67. The Bertz CT molecular complexity index is 557. The first-order valence-corrected chi connectivity index (χ1v) is 8.36. The molecular weight excluding hydrogens is 290 g/mol. The van der Waals surface area contributed by atoms with Gasteiger partial charge in [0, 0.05) is 30.6 Å². The number of hydrogen-bond donors (Lipinski definition) is 3. The molecule has 0 aliphatic heterocycles. The minimum absolute atomic E-state index is 0.0149. The summed E-state index contributed by atoms with van der Waals surface area (Å²) in [5.41, 5.74) is 7.59. The minimum atomic E-state index is 0.0149. The summed E-state index contributed by atoms with van der Waals surface area (Å²) in [6, 6.07) is 7.75. The number of nitrogens with two attached hydrogens (primary N) is 1. The van der Waals surface area contributed by atoms with Crippen LogP contribution in [-0.2, 0) is 16.1 Å². The molecule has 126 valence electrons. The quantitative estimate of drug-likeness (QED) is 0.753. The van der Waals surface area contributed by atoms with Crippen molar-refractivity contribution in [1.29, 1.82) is 0 Å². The van der Waals surface area contributed by atoms with Gasteiger partial charge in [0.2, 0.25) is 11.8 Å². The summed E-state index contributed by atoms with van der Waals surface area (Å²) in [6.07, 6.45) is 3.08. The number of carbonyl (C=O) groups excluding carboxylic acids is 2. The smallest absolute Gasteiger partial charge is 0.224 e. The lowest BCUT2D eigenvalue weighted by atomic mass is 10.1. The van der Waals surface area contributed by atoms with E-state index in [4.69, 9.17) is 5.73 Å². The largest absolute Gasteiger partial charge is 0.352 e. The molecule has 1 fully saturated rings. The molecule has 5 heteroatoms. The lowest BCUT2D eigenvalue weighted by Gasteiger charge is -2.12. The summed E-state index contributed by atoms with van der Waals surface area (Å²) >= 11 is 0. The Kier molecular flexibility index (Phi) is 6.16. The van der Waals surface area contributed by atoms with E-state index in [0.29, 0.717) is 18.9 Å². The molecule has 0 bridgehead atoms. The zero-order chi connectivity index (χ0) is 16.8. The van der Waals surface area contributed by atoms with E-state index in [-0.39, 0.29) is 23.8 Å². The van der Waals surface area contributed by atoms with Crippen LogP contribution in [0.25, 0.3) is 0 Å². The average Bonchev–Trinajstić information content (AvgIpc) is 2.91. The highest BCUT2D eigenvalue weighted by molar-refractivity contribution is 5.90. The molecule has 1 saturated carbocycles. The van der Waals surface area contributed by atoms with Crippen molar-refractivity contribution in [3.63, 3.8) is 0 Å². The van der Waals surface area contributed by atoms with Crippen molar-refractivity contribution in [1.82, 2.24) is 5.32 Å². The fraction of sp³-hybridized carbons (Fsp3) is 0.556. The van der Waals surface area contributed by atoms with Crippen molar-refractivity contribution in [3.8, 4) is 0 Å². The minimum Gasteiger partial charge on any atom is -0.352 e. The van der Waals surface area contributed by atoms with E-state index in [2.05, 4.69) is 10.6 Å². The maximum absolute atomic E-state index is 12.1. The molecule has 5 nitrogen and oxygen atoms in total. The molecule has 23 heavy (non-hydrogen) atoms. The van der Waals surface area contributed by atoms with E-state index in [1.807, 2.05) is 38.1 Å². The van der Waals surface area contributed by atoms with Crippen molar-refractivity contribution in [3.05, 3.63) is 29.8 Å². The highest BCUT2D eigenvalue weighted by Gasteiger charge is 2.27. The lowest BCUT2D eigenvalue weighted by molar-refractivity contribution is -0.125. The Morgan fingerprint density at radius 3 is 2.74 bits per heavy atom. The monoisotopic (exact) mass is 317 g/mol. The first-order chi connectivity index (χ1) is 10.9. The molecule has 0 radical (unpaired) electrons. The van der Waals surface area contributed by atoms with Crippen LogP contribution in [0.1, 0.15) is 45.1 Å². The van der Waals surface area contributed by atoms with Gasteiger partial charge in [0.1, 0.15) is 0 Å². The molecular formula is C18H27N3O2. The van der Waals surface area contributed by atoms with Crippen molar-refractivity contribution < 1.29 is 9.59 Å². The van der Waals surface area contributed by atoms with Crippen LogP contribution in [0.4, 0.5) is 5.69 Å². The second kappa shape index (κ2) is 8.11. The van der Waals surface area contributed by atoms with Crippen LogP contribution in [0.5, 0.6) is 0 Å². The van der Waals surface area contributed by atoms with Gasteiger partial charge in [-0.3, -0.25) is 9.59 Å². The van der Waals surface area contributed by atoms with Crippen LogP contribution >= 0.6 is 0 Å². The number of carbonyl (C=O) groups is 2. The van der Waals surface area contributed by atoms with Gasteiger partial charge in [-0.2, -0.15) is 0 Å². The second-order valence-electron chi connectivity index (χ2n) is 6.83. The average molecular weight is 317 g/mol. The van der Waals surface area contributed by atoms with Crippen molar-refractivity contribution in [2.45, 2.75) is 52.1 Å². The third-order valence-electron chi connectivity index (χ3n) is 4.12. The summed E-state index contributed by atoms with van der Waals surface area (Å²) in [5.74, 6) is 0.461. The van der Waals surface area contributed by atoms with Crippen molar-refractivity contribution >= 4 is 17.5 Å². The fourth-order valence-electron chi connectivity index (χ4n) is 2.93. The third-order valence-corrected chi connectivity index (χ3v) is 4.12. The number of benzene rings is 1. The summed E-state index contributed by atoms with van der Waals surface area (Å²) in [4.78, 5) is 23.9. The lowest BCUT2D eigenvalue weighted by Crippen LogP contribution is -2.30. The fourth-order valence-corrected chi connectivity index (χ4v) is 2.93. The Morgan fingerprint density at radius 1 is 1.30 bits per heavy atom. The topological polar surface area (TPSA) is 84.2 Å². The molecule has 1 aromatic rings. The van der Waals surface area contributed by atoms with Gasteiger partial charge in [-0.15, -0.1) is 0 Å². The van der Waals surface area contributed by atoms with Gasteiger partial charge in [0.05, 0.1) is 0 Å². The molecule has 2 atom stereocenters. The second-order valence-corrected chi connectivity index (χ2v) is 6.83. The summed E-state index contributed by atoms with van der Waals surface area (Å²) < 4.78 is 0. The number of amides is 2. The zero-order valence-corrected chi connectivity index (χ0v) is 14.0. The van der Waals surface area contributed by atoms with Crippen LogP contribution in [0.2, 0.25) is 0 Å². The summed E-state index contributed by atoms with van der Waals surface area (Å²) in [6.45, 7) is 4.50. The van der Waals surface area contributed by atoms with Crippen LogP contribution in [0.15, 0.2) is 24.3 Å². The Morgan fingerprint density at radius 2 is 2.09 bits per heavy atom. The molecule has 2 amide bonds. The van der Waals surface area contributed by atoms with E-state index >= 15 is 0 Å². The summed E-state index contributed by atoms with van der Waals surface area (Å²) in [5, 5.41) is 5.86. The molecule has 4 N–H and O–H groups in total. The first-order valence-electron chi connectivity index (χ1n) is 8.36. The van der Waals surface area contributed by atoms with Gasteiger partial charge < -0.3 is 16.4 Å². The molecule has 1 aliphatic carbocycles.